The molecule has 2 aromatic carbocycles. The molecule has 3 heterocycles. The number of aromatic nitrogens is 2. The van der Waals surface area contributed by atoms with Crippen LogP contribution in [0.5, 0.6) is 0 Å². The van der Waals surface area contributed by atoms with Gasteiger partial charge in [0.15, 0.2) is 0 Å². The maximum absolute atomic E-state index is 13.2. The highest BCUT2D eigenvalue weighted by molar-refractivity contribution is 6.04. The number of anilines is 3. The van der Waals surface area contributed by atoms with Gasteiger partial charge in [-0.1, -0.05) is 12.1 Å². The molecule has 0 radical (unpaired) electrons. The van der Waals surface area contributed by atoms with Crippen LogP contribution in [0.2, 0.25) is 0 Å². The van der Waals surface area contributed by atoms with Gasteiger partial charge in [-0.2, -0.15) is 18.2 Å². The van der Waals surface area contributed by atoms with Gasteiger partial charge in [0.25, 0.3) is 5.91 Å². The summed E-state index contributed by atoms with van der Waals surface area (Å²) in [5, 5.41) is 2.74. The first-order valence-corrected chi connectivity index (χ1v) is 13.2. The molecule has 0 unspecified atom stereocenters. The molecule has 5 rings (SSSR count). The highest BCUT2D eigenvalue weighted by Gasteiger charge is 2.31. The topological polar surface area (TPSA) is 79.8 Å². The standard InChI is InChI=1S/C29H32F3N5O3/c1-19-7-8-22(33-26(38)20-5-4-6-21(15-20)29(30,31)32)16-23(19)24-17-25(37-11-14-40-28(2,3)18-37)35-27(34-24)36-9-12-39-13-10-36/h4-8,15-17H,9-14,18H2,1-3H3,(H,33,38). The van der Waals surface area contributed by atoms with Gasteiger partial charge in [-0.3, -0.25) is 4.79 Å². The van der Waals surface area contributed by atoms with Gasteiger partial charge >= 0.3 is 6.18 Å². The minimum absolute atomic E-state index is 0.0780. The van der Waals surface area contributed by atoms with E-state index in [-0.39, 0.29) is 11.2 Å². The van der Waals surface area contributed by atoms with Gasteiger partial charge in [0.05, 0.1) is 36.7 Å². The minimum Gasteiger partial charge on any atom is -0.378 e. The third-order valence-corrected chi connectivity index (χ3v) is 6.97. The Hall–Kier alpha value is -3.70. The van der Waals surface area contributed by atoms with Crippen LogP contribution < -0.4 is 15.1 Å². The van der Waals surface area contributed by atoms with Gasteiger partial charge in [-0.05, 0) is 56.7 Å². The van der Waals surface area contributed by atoms with Crippen molar-refractivity contribution in [1.29, 1.82) is 0 Å². The molecule has 8 nitrogen and oxygen atoms in total. The largest absolute Gasteiger partial charge is 0.416 e. The number of nitrogens with one attached hydrogen (secondary N) is 1. The number of rotatable bonds is 5. The molecular weight excluding hydrogens is 523 g/mol. The molecule has 2 saturated heterocycles. The van der Waals surface area contributed by atoms with E-state index in [4.69, 9.17) is 19.4 Å². The van der Waals surface area contributed by atoms with E-state index < -0.39 is 17.6 Å². The summed E-state index contributed by atoms with van der Waals surface area (Å²) >= 11 is 0. The summed E-state index contributed by atoms with van der Waals surface area (Å²) in [7, 11) is 0. The highest BCUT2D eigenvalue weighted by Crippen LogP contribution is 2.32. The first kappa shape index (κ1) is 27.9. The Morgan fingerprint density at radius 2 is 1.73 bits per heavy atom. The maximum Gasteiger partial charge on any atom is 0.416 e. The molecule has 0 aliphatic carbocycles. The van der Waals surface area contributed by atoms with E-state index in [1.165, 1.54) is 12.1 Å². The van der Waals surface area contributed by atoms with Crippen molar-refractivity contribution in [3.63, 3.8) is 0 Å². The highest BCUT2D eigenvalue weighted by atomic mass is 19.4. The lowest BCUT2D eigenvalue weighted by Crippen LogP contribution is -2.48. The number of halogens is 3. The number of carbonyl (C=O) groups is 1. The van der Waals surface area contributed by atoms with Crippen molar-refractivity contribution >= 4 is 23.4 Å². The molecule has 212 valence electrons. The lowest BCUT2D eigenvalue weighted by molar-refractivity contribution is -0.137. The van der Waals surface area contributed by atoms with Crippen LogP contribution >= 0.6 is 0 Å². The number of hydrogen-bond donors (Lipinski definition) is 1. The molecule has 0 bridgehead atoms. The van der Waals surface area contributed by atoms with Crippen LogP contribution in [-0.2, 0) is 15.7 Å². The first-order chi connectivity index (χ1) is 19.0. The Kier molecular flexibility index (Phi) is 7.70. The fraction of sp³-hybridized carbons (Fsp3) is 0.414. The Balaban J connectivity index is 1.48. The van der Waals surface area contributed by atoms with Gasteiger partial charge in [-0.25, -0.2) is 4.98 Å². The number of benzene rings is 2. The summed E-state index contributed by atoms with van der Waals surface area (Å²) in [6.07, 6.45) is -4.54. The van der Waals surface area contributed by atoms with E-state index >= 15 is 0 Å². The van der Waals surface area contributed by atoms with Gasteiger partial charge < -0.3 is 24.6 Å². The Bertz CT molecular complexity index is 1390. The van der Waals surface area contributed by atoms with E-state index in [1.54, 1.807) is 12.1 Å². The maximum atomic E-state index is 13.2. The molecule has 11 heteroatoms. The van der Waals surface area contributed by atoms with Crippen molar-refractivity contribution in [3.8, 4) is 11.3 Å². The fourth-order valence-electron chi connectivity index (χ4n) is 4.85. The Morgan fingerprint density at radius 3 is 2.45 bits per heavy atom. The number of morpholine rings is 2. The van der Waals surface area contributed by atoms with E-state index in [1.807, 2.05) is 32.9 Å². The second kappa shape index (κ2) is 11.1. The molecule has 2 aliphatic rings. The molecule has 0 saturated carbocycles. The SMILES string of the molecule is Cc1ccc(NC(=O)c2cccc(C(F)(F)F)c2)cc1-c1cc(N2CCOC(C)(C)C2)nc(N2CCOCC2)n1. The van der Waals surface area contributed by atoms with E-state index in [9.17, 15) is 18.0 Å². The van der Waals surface area contributed by atoms with Crippen LogP contribution in [0.1, 0.15) is 35.3 Å². The minimum atomic E-state index is -4.54. The van der Waals surface area contributed by atoms with Crippen LogP contribution in [-0.4, -0.2) is 67.5 Å². The van der Waals surface area contributed by atoms with Crippen molar-refractivity contribution in [1.82, 2.24) is 9.97 Å². The zero-order valence-electron chi connectivity index (χ0n) is 22.7. The third-order valence-electron chi connectivity index (χ3n) is 6.97. The average molecular weight is 556 g/mol. The summed E-state index contributed by atoms with van der Waals surface area (Å²) in [6.45, 7) is 10.5. The number of alkyl halides is 3. The molecule has 2 fully saturated rings. The normalized spacial score (nSPS) is 17.6. The van der Waals surface area contributed by atoms with Gasteiger partial charge in [0.1, 0.15) is 5.82 Å². The summed E-state index contributed by atoms with van der Waals surface area (Å²) < 4.78 is 50.9. The first-order valence-electron chi connectivity index (χ1n) is 13.2. The lowest BCUT2D eigenvalue weighted by atomic mass is 10.0. The molecule has 0 spiro atoms. The average Bonchev–Trinajstić information content (AvgIpc) is 2.93. The monoisotopic (exact) mass is 555 g/mol. The van der Waals surface area contributed by atoms with Crippen molar-refractivity contribution < 1.29 is 27.4 Å². The van der Waals surface area contributed by atoms with E-state index in [0.717, 1.165) is 29.1 Å². The lowest BCUT2D eigenvalue weighted by Gasteiger charge is -2.39. The van der Waals surface area contributed by atoms with Crippen molar-refractivity contribution in [2.45, 2.75) is 32.5 Å². The van der Waals surface area contributed by atoms with Crippen molar-refractivity contribution in [2.75, 3.05) is 61.1 Å². The van der Waals surface area contributed by atoms with E-state index in [0.29, 0.717) is 63.3 Å². The van der Waals surface area contributed by atoms with Gasteiger partial charge in [0, 0.05) is 49.1 Å². The van der Waals surface area contributed by atoms with Crippen LogP contribution in [0.25, 0.3) is 11.3 Å². The van der Waals surface area contributed by atoms with Gasteiger partial charge in [-0.15, -0.1) is 0 Å². The van der Waals surface area contributed by atoms with Crippen molar-refractivity contribution in [2.24, 2.45) is 0 Å². The summed E-state index contributed by atoms with van der Waals surface area (Å²) in [5.41, 5.74) is 1.56. The second-order valence-corrected chi connectivity index (χ2v) is 10.6. The summed E-state index contributed by atoms with van der Waals surface area (Å²) in [6, 6.07) is 11.7. The number of ether oxygens (including phenoxy) is 2. The quantitative estimate of drug-likeness (QED) is 0.465. The smallest absolute Gasteiger partial charge is 0.378 e. The zero-order valence-corrected chi connectivity index (χ0v) is 22.7. The van der Waals surface area contributed by atoms with E-state index in [2.05, 4.69) is 15.1 Å². The number of nitrogens with zero attached hydrogens (tertiary/aromatic N) is 4. The molecule has 2 aliphatic heterocycles. The van der Waals surface area contributed by atoms with Crippen LogP contribution in [0.15, 0.2) is 48.5 Å². The third kappa shape index (κ3) is 6.37. The fourth-order valence-corrected chi connectivity index (χ4v) is 4.85. The number of aryl methyl sites for hydroxylation is 1. The molecule has 1 aromatic heterocycles. The number of amides is 1. The van der Waals surface area contributed by atoms with Crippen molar-refractivity contribution in [3.05, 3.63) is 65.2 Å². The Labute approximate surface area is 231 Å². The zero-order chi connectivity index (χ0) is 28.5. The summed E-state index contributed by atoms with van der Waals surface area (Å²) in [5.74, 6) is 0.743. The van der Waals surface area contributed by atoms with Crippen LogP contribution in [0.3, 0.4) is 0 Å². The second-order valence-electron chi connectivity index (χ2n) is 10.6. The molecule has 1 N–H and O–H groups in total. The molecule has 40 heavy (non-hydrogen) atoms. The molecule has 3 aromatic rings. The van der Waals surface area contributed by atoms with Crippen LogP contribution in [0, 0.1) is 6.92 Å². The predicted molar refractivity (Wildman–Crippen MR) is 147 cm³/mol. The summed E-state index contributed by atoms with van der Waals surface area (Å²) in [4.78, 5) is 27.0. The van der Waals surface area contributed by atoms with Crippen LogP contribution in [0.4, 0.5) is 30.6 Å². The number of carbonyl (C=O) groups excluding carboxylic acids is 1. The number of hydrogen-bond acceptors (Lipinski definition) is 7. The predicted octanol–water partition coefficient (Wildman–Crippen LogP) is 5.17. The molecular formula is C29H32F3N5O3. The molecule has 1 amide bonds. The van der Waals surface area contributed by atoms with Gasteiger partial charge in [0.2, 0.25) is 5.95 Å². The molecule has 0 atom stereocenters. The Morgan fingerprint density at radius 1 is 0.975 bits per heavy atom.